The summed E-state index contributed by atoms with van der Waals surface area (Å²) in [6.45, 7) is 4.79. The zero-order valence-corrected chi connectivity index (χ0v) is 16.5. The Bertz CT molecular complexity index is 762. The molecule has 5 nitrogen and oxygen atoms in total. The first kappa shape index (κ1) is 20.0. The fourth-order valence-electron chi connectivity index (χ4n) is 2.33. The summed E-state index contributed by atoms with van der Waals surface area (Å²) in [5.41, 5.74) is 1.11. The number of carbonyl (C=O) groups excluding carboxylic acids is 2. The number of amides is 2. The molecular formula is C20H23BrN2O3. The number of hydrogen-bond donors (Lipinski definition) is 2. The van der Waals surface area contributed by atoms with Crippen LogP contribution in [0.25, 0.3) is 0 Å². The van der Waals surface area contributed by atoms with E-state index in [2.05, 4.69) is 26.6 Å². The van der Waals surface area contributed by atoms with Gasteiger partial charge in [0.2, 0.25) is 0 Å². The summed E-state index contributed by atoms with van der Waals surface area (Å²) in [5, 5.41) is 5.70. The Morgan fingerprint density at radius 1 is 1.00 bits per heavy atom. The quantitative estimate of drug-likeness (QED) is 0.640. The van der Waals surface area contributed by atoms with Crippen molar-refractivity contribution in [1.29, 1.82) is 0 Å². The lowest BCUT2D eigenvalue weighted by Gasteiger charge is -2.14. The van der Waals surface area contributed by atoms with Gasteiger partial charge in [-0.2, -0.15) is 0 Å². The predicted octanol–water partition coefficient (Wildman–Crippen LogP) is 3.79. The number of hydrogen-bond acceptors (Lipinski definition) is 3. The Morgan fingerprint density at radius 3 is 2.38 bits per heavy atom. The van der Waals surface area contributed by atoms with E-state index in [9.17, 15) is 9.59 Å². The van der Waals surface area contributed by atoms with Gasteiger partial charge in [0.05, 0.1) is 11.7 Å². The van der Waals surface area contributed by atoms with Crippen molar-refractivity contribution < 1.29 is 14.3 Å². The number of nitrogens with one attached hydrogen (secondary N) is 2. The average molecular weight is 419 g/mol. The number of para-hydroxylation sites is 1. The third-order valence-corrected chi connectivity index (χ3v) is 4.00. The van der Waals surface area contributed by atoms with Crippen LogP contribution in [0.1, 0.15) is 41.0 Å². The van der Waals surface area contributed by atoms with Gasteiger partial charge in [0, 0.05) is 23.1 Å². The van der Waals surface area contributed by atoms with Crippen LogP contribution in [0, 0.1) is 0 Å². The molecular weight excluding hydrogens is 396 g/mol. The van der Waals surface area contributed by atoms with Gasteiger partial charge in [-0.25, -0.2) is 0 Å². The number of halogens is 1. The minimum atomic E-state index is -0.181. The molecule has 6 heteroatoms. The molecule has 2 rings (SSSR count). The minimum absolute atomic E-state index is 0.00261. The van der Waals surface area contributed by atoms with Gasteiger partial charge >= 0.3 is 0 Å². The molecule has 26 heavy (non-hydrogen) atoms. The average Bonchev–Trinajstić information content (AvgIpc) is 2.61. The summed E-state index contributed by atoms with van der Waals surface area (Å²) in [6.07, 6.45) is 0.635. The highest BCUT2D eigenvalue weighted by Crippen LogP contribution is 2.19. The van der Waals surface area contributed by atoms with E-state index in [-0.39, 0.29) is 17.9 Å². The summed E-state index contributed by atoms with van der Waals surface area (Å²) < 4.78 is 6.52. The lowest BCUT2D eigenvalue weighted by Crippen LogP contribution is -2.30. The van der Waals surface area contributed by atoms with Crippen LogP contribution in [-0.2, 0) is 0 Å². The van der Waals surface area contributed by atoms with Crippen molar-refractivity contribution in [3.05, 3.63) is 64.1 Å². The third kappa shape index (κ3) is 6.19. The highest BCUT2D eigenvalue weighted by Gasteiger charge is 2.12. The predicted molar refractivity (Wildman–Crippen MR) is 106 cm³/mol. The number of ether oxygens (including phenoxy) is 1. The number of rotatable bonds is 8. The highest BCUT2D eigenvalue weighted by atomic mass is 79.9. The standard InChI is InChI=1S/C20H23BrN2O3/c1-14(2)26-18-10-4-3-9-17(18)20(25)23-12-6-11-22-19(24)15-7-5-8-16(21)13-15/h3-5,7-10,13-14H,6,11-12H2,1-2H3,(H,22,24)(H,23,25). The third-order valence-electron chi connectivity index (χ3n) is 3.51. The van der Waals surface area contributed by atoms with E-state index in [1.54, 1.807) is 30.3 Å². The molecule has 0 aliphatic rings. The lowest BCUT2D eigenvalue weighted by molar-refractivity contribution is 0.0947. The zero-order valence-electron chi connectivity index (χ0n) is 14.9. The summed E-state index contributed by atoms with van der Waals surface area (Å²) in [6, 6.07) is 14.4. The van der Waals surface area contributed by atoms with Crippen molar-refractivity contribution in [1.82, 2.24) is 10.6 Å². The van der Waals surface area contributed by atoms with Crippen LogP contribution in [0.4, 0.5) is 0 Å². The number of carbonyl (C=O) groups is 2. The molecule has 0 radical (unpaired) electrons. The molecule has 2 aromatic rings. The second-order valence-corrected chi connectivity index (χ2v) is 6.95. The van der Waals surface area contributed by atoms with Crippen molar-refractivity contribution in [2.75, 3.05) is 13.1 Å². The molecule has 0 aromatic heterocycles. The molecule has 0 spiro atoms. The molecule has 2 aromatic carbocycles. The Morgan fingerprint density at radius 2 is 1.69 bits per heavy atom. The van der Waals surface area contributed by atoms with Crippen molar-refractivity contribution in [2.24, 2.45) is 0 Å². The van der Waals surface area contributed by atoms with E-state index in [0.29, 0.717) is 36.4 Å². The molecule has 138 valence electrons. The van der Waals surface area contributed by atoms with Gasteiger partial charge in [-0.15, -0.1) is 0 Å². The molecule has 0 saturated heterocycles. The van der Waals surface area contributed by atoms with Crippen LogP contribution in [0.5, 0.6) is 5.75 Å². The van der Waals surface area contributed by atoms with Crippen LogP contribution >= 0.6 is 15.9 Å². The molecule has 0 aliphatic heterocycles. The zero-order chi connectivity index (χ0) is 18.9. The van der Waals surface area contributed by atoms with Crippen LogP contribution in [0.15, 0.2) is 53.0 Å². The first-order chi connectivity index (χ1) is 12.5. The van der Waals surface area contributed by atoms with Crippen molar-refractivity contribution in [2.45, 2.75) is 26.4 Å². The Balaban J connectivity index is 1.76. The summed E-state index contributed by atoms with van der Waals surface area (Å²) in [5.74, 6) is 0.260. The normalized spacial score (nSPS) is 10.5. The molecule has 0 aliphatic carbocycles. The van der Waals surface area contributed by atoms with Gasteiger partial charge in [0.25, 0.3) is 11.8 Å². The molecule has 0 heterocycles. The van der Waals surface area contributed by atoms with Crippen LogP contribution in [0.2, 0.25) is 0 Å². The van der Waals surface area contributed by atoms with E-state index >= 15 is 0 Å². The van der Waals surface area contributed by atoms with Crippen LogP contribution < -0.4 is 15.4 Å². The van der Waals surface area contributed by atoms with Crippen molar-refractivity contribution in [3.63, 3.8) is 0 Å². The highest BCUT2D eigenvalue weighted by molar-refractivity contribution is 9.10. The van der Waals surface area contributed by atoms with Gasteiger partial charge in [-0.1, -0.05) is 34.1 Å². The second-order valence-electron chi connectivity index (χ2n) is 6.04. The summed E-state index contributed by atoms with van der Waals surface area (Å²) >= 11 is 3.34. The number of benzene rings is 2. The van der Waals surface area contributed by atoms with E-state index in [0.717, 1.165) is 4.47 Å². The van der Waals surface area contributed by atoms with E-state index in [1.807, 2.05) is 32.0 Å². The maximum Gasteiger partial charge on any atom is 0.255 e. The fourth-order valence-corrected chi connectivity index (χ4v) is 2.73. The Kier molecular flexibility index (Phi) is 7.66. The largest absolute Gasteiger partial charge is 0.490 e. The smallest absolute Gasteiger partial charge is 0.255 e. The van der Waals surface area contributed by atoms with E-state index < -0.39 is 0 Å². The molecule has 2 amide bonds. The molecule has 2 N–H and O–H groups in total. The topological polar surface area (TPSA) is 67.4 Å². The molecule has 0 atom stereocenters. The van der Waals surface area contributed by atoms with E-state index in [4.69, 9.17) is 4.74 Å². The van der Waals surface area contributed by atoms with Gasteiger partial charge < -0.3 is 15.4 Å². The minimum Gasteiger partial charge on any atom is -0.490 e. The molecule has 0 bridgehead atoms. The molecule has 0 unspecified atom stereocenters. The monoisotopic (exact) mass is 418 g/mol. The Labute approximate surface area is 162 Å². The van der Waals surface area contributed by atoms with E-state index in [1.165, 1.54) is 0 Å². The molecule has 0 saturated carbocycles. The SMILES string of the molecule is CC(C)Oc1ccccc1C(=O)NCCCNC(=O)c1cccc(Br)c1. The molecule has 0 fully saturated rings. The first-order valence-corrected chi connectivity index (χ1v) is 9.34. The van der Waals surface area contributed by atoms with Crippen molar-refractivity contribution in [3.8, 4) is 5.75 Å². The summed E-state index contributed by atoms with van der Waals surface area (Å²) in [4.78, 5) is 24.3. The maximum absolute atomic E-state index is 12.3. The van der Waals surface area contributed by atoms with Gasteiger partial charge in [-0.05, 0) is 50.6 Å². The maximum atomic E-state index is 12.3. The fraction of sp³-hybridized carbons (Fsp3) is 0.300. The lowest BCUT2D eigenvalue weighted by atomic mass is 10.2. The second kappa shape index (κ2) is 9.97. The Hall–Kier alpha value is -2.34. The van der Waals surface area contributed by atoms with Gasteiger partial charge in [-0.3, -0.25) is 9.59 Å². The van der Waals surface area contributed by atoms with Gasteiger partial charge in [0.15, 0.2) is 0 Å². The van der Waals surface area contributed by atoms with Crippen LogP contribution in [0.3, 0.4) is 0 Å². The summed E-state index contributed by atoms with van der Waals surface area (Å²) in [7, 11) is 0. The van der Waals surface area contributed by atoms with Crippen molar-refractivity contribution >= 4 is 27.7 Å². The first-order valence-electron chi connectivity index (χ1n) is 8.55. The van der Waals surface area contributed by atoms with Crippen LogP contribution in [-0.4, -0.2) is 31.0 Å². The van der Waals surface area contributed by atoms with Gasteiger partial charge in [0.1, 0.15) is 5.75 Å².